The van der Waals surface area contributed by atoms with E-state index in [9.17, 15) is 0 Å². The lowest BCUT2D eigenvalue weighted by atomic mass is 9.70. The van der Waals surface area contributed by atoms with Gasteiger partial charge in [0.1, 0.15) is 36.6 Å². The van der Waals surface area contributed by atoms with E-state index in [1.807, 2.05) is 4.58 Å². The van der Waals surface area contributed by atoms with Crippen LogP contribution in [-0.2, 0) is 6.42 Å². The highest BCUT2D eigenvalue weighted by Gasteiger charge is 2.29. The number of allylic oxidation sites excluding steroid dienone is 9. The Morgan fingerprint density at radius 3 is 2.04 bits per heavy atom. The first-order valence-corrected chi connectivity index (χ1v) is 19.6. The molecule has 0 bridgehead atoms. The minimum Gasteiger partial charge on any atom is -0.255 e. The Morgan fingerprint density at radius 2 is 1.43 bits per heavy atom. The first-order valence-electron chi connectivity index (χ1n) is 19.6. The topological polar surface area (TPSA) is 11.9 Å². The summed E-state index contributed by atoms with van der Waals surface area (Å²) < 4.78 is 6.15. The van der Waals surface area contributed by atoms with E-state index in [1.54, 1.807) is 0 Å². The van der Waals surface area contributed by atoms with Crippen LogP contribution in [0.3, 0.4) is 0 Å². The van der Waals surface area contributed by atoms with E-state index in [0.29, 0.717) is 0 Å². The molecule has 3 atom stereocenters. The third-order valence-corrected chi connectivity index (χ3v) is 11.8. The molecule has 274 valence electrons. The number of hydrogen-bond donors (Lipinski definition) is 0. The lowest BCUT2D eigenvalue weighted by Crippen LogP contribution is -2.38. The second-order valence-corrected chi connectivity index (χ2v) is 15.7. The van der Waals surface area contributed by atoms with Crippen molar-refractivity contribution in [2.45, 2.75) is 85.5 Å². The van der Waals surface area contributed by atoms with Gasteiger partial charge in [0.25, 0.3) is 0 Å². The number of aryl methyl sites for hydroxylation is 2. The molecule has 1 saturated carbocycles. The van der Waals surface area contributed by atoms with Gasteiger partial charge in [-0.1, -0.05) is 80.8 Å². The molecule has 4 aliphatic rings. The van der Waals surface area contributed by atoms with Gasteiger partial charge in [0, 0.05) is 5.56 Å². The fraction of sp³-hybridized carbons (Fsp3) is 0.320. The minimum absolute atomic E-state index is 0.722. The molecule has 1 fully saturated rings. The summed E-state index contributed by atoms with van der Waals surface area (Å²) in [6.45, 7) is 25.9. The summed E-state index contributed by atoms with van der Waals surface area (Å²) in [5.74, 6) is 3.45. The number of nitrogens with zero attached hydrogens (tertiary/aromatic N) is 3. The van der Waals surface area contributed by atoms with Gasteiger partial charge in [-0.2, -0.15) is 0 Å². The standard InChI is InChI=1S/C50H59N3/c1-9-36(2)39(5)48-27-24-40(33-51(48)6)18-21-43-30-44(22-19-41-25-28-49(52(7)34-41)46-16-12-10-14-37(46)3)32-45(31-43)23-20-42-26-29-50(53(8)35-42)47-17-13-11-15-38(47)4/h9-17,24-29,33-35,43-45H,5-8,18-23,30-32H2,1-4H3/b36-9-,49-46-/t43-,44+,45-/m0/s1. The maximum Gasteiger partial charge on any atom is 0.168 e. The Bertz CT molecular complexity index is 2060. The molecule has 2 aliphatic carbocycles. The van der Waals surface area contributed by atoms with E-state index in [4.69, 9.17) is 0 Å². The summed E-state index contributed by atoms with van der Waals surface area (Å²) in [5, 5.41) is 1.16. The molecule has 0 radical (unpaired) electrons. The second-order valence-electron chi connectivity index (χ2n) is 15.7. The lowest BCUT2D eigenvalue weighted by Gasteiger charge is -2.36. The van der Waals surface area contributed by atoms with Crippen molar-refractivity contribution >= 4 is 19.0 Å². The van der Waals surface area contributed by atoms with Crippen LogP contribution in [-0.4, -0.2) is 22.6 Å². The van der Waals surface area contributed by atoms with Crippen molar-refractivity contribution in [2.75, 3.05) is 0 Å². The fourth-order valence-electron chi connectivity index (χ4n) is 8.61. The van der Waals surface area contributed by atoms with Crippen LogP contribution in [0.5, 0.6) is 0 Å². The summed E-state index contributed by atoms with van der Waals surface area (Å²) in [6.07, 6.45) is 37.3. The van der Waals surface area contributed by atoms with Gasteiger partial charge in [0.2, 0.25) is 0 Å². The van der Waals surface area contributed by atoms with Crippen LogP contribution >= 0.6 is 0 Å². The molecule has 0 amide bonds. The van der Waals surface area contributed by atoms with E-state index in [-0.39, 0.29) is 0 Å². The Morgan fingerprint density at radius 1 is 0.792 bits per heavy atom. The van der Waals surface area contributed by atoms with Crippen LogP contribution in [0.1, 0.15) is 88.8 Å². The minimum atomic E-state index is 0.722. The van der Waals surface area contributed by atoms with Gasteiger partial charge < -0.3 is 0 Å². The zero-order valence-electron chi connectivity index (χ0n) is 32.7. The molecule has 0 unspecified atom stereocenters. The molecule has 3 heteroatoms. The molecular formula is C50H59N3. The average molecular weight is 702 g/mol. The summed E-state index contributed by atoms with van der Waals surface area (Å²) in [4.78, 5) is 0. The molecule has 2 aliphatic heterocycles. The number of aromatic nitrogens is 1. The SMILES string of the molecule is C=C(/C(C)=C\C)[C-]1C=CC(CC[C@@H]2C[C@H](CCC3=C[N+](=C)[C-](c4ccccc4C)C=C3)C[C@H](CCc3cc/c(=C4\C=CC=C[C-]4C)[n+](=C)c3)C2)=C[N+]1=C. The maximum atomic E-state index is 4.39. The molecule has 0 spiro atoms. The second kappa shape index (κ2) is 17.2. The normalized spacial score (nSPS) is 22.8. The van der Waals surface area contributed by atoms with Crippen molar-refractivity contribution in [2.24, 2.45) is 17.8 Å². The van der Waals surface area contributed by atoms with Crippen LogP contribution < -0.4 is 9.59 Å². The first kappa shape index (κ1) is 37.7. The highest BCUT2D eigenvalue weighted by atomic mass is 15.0. The van der Waals surface area contributed by atoms with Crippen molar-refractivity contribution in [3.05, 3.63) is 185 Å². The van der Waals surface area contributed by atoms with Crippen molar-refractivity contribution < 1.29 is 13.4 Å². The van der Waals surface area contributed by atoms with Gasteiger partial charge in [-0.05, 0) is 116 Å². The van der Waals surface area contributed by atoms with Gasteiger partial charge >= 0.3 is 0 Å². The number of pyridine rings is 1. The molecule has 53 heavy (non-hydrogen) atoms. The van der Waals surface area contributed by atoms with Crippen molar-refractivity contribution in [1.29, 1.82) is 0 Å². The van der Waals surface area contributed by atoms with E-state index in [0.717, 1.165) is 60.0 Å². The maximum absolute atomic E-state index is 4.39. The highest BCUT2D eigenvalue weighted by Crippen LogP contribution is 2.41. The van der Waals surface area contributed by atoms with Crippen molar-refractivity contribution in [3.63, 3.8) is 0 Å². The first-order chi connectivity index (χ1) is 25.6. The predicted octanol–water partition coefficient (Wildman–Crippen LogP) is 10.3. The molecular weight excluding hydrogens is 643 g/mol. The quantitative estimate of drug-likeness (QED) is 0.119. The summed E-state index contributed by atoms with van der Waals surface area (Å²) in [7, 11) is 0. The smallest absolute Gasteiger partial charge is 0.168 e. The van der Waals surface area contributed by atoms with Crippen LogP contribution in [0.25, 0.3) is 5.57 Å². The summed E-state index contributed by atoms with van der Waals surface area (Å²) in [5.41, 5.74) is 10.1. The molecule has 0 saturated heterocycles. The lowest BCUT2D eigenvalue weighted by molar-refractivity contribution is -0.514. The van der Waals surface area contributed by atoms with Crippen LogP contribution in [0.2, 0.25) is 0 Å². The van der Waals surface area contributed by atoms with Gasteiger partial charge in [-0.25, -0.2) is 4.24 Å². The number of hydrogen-bond acceptors (Lipinski definition) is 0. The van der Waals surface area contributed by atoms with E-state index in [1.165, 1.54) is 83.4 Å². The summed E-state index contributed by atoms with van der Waals surface area (Å²) >= 11 is 0. The largest absolute Gasteiger partial charge is 0.255 e. The van der Waals surface area contributed by atoms with E-state index in [2.05, 4.69) is 173 Å². The van der Waals surface area contributed by atoms with E-state index < -0.39 is 0 Å². The zero-order valence-corrected chi connectivity index (χ0v) is 32.7. The molecule has 2 aromatic rings. The Kier molecular flexibility index (Phi) is 12.2. The van der Waals surface area contributed by atoms with Gasteiger partial charge in [0.05, 0.1) is 13.4 Å². The highest BCUT2D eigenvalue weighted by molar-refractivity contribution is 5.72. The molecule has 3 heterocycles. The zero-order chi connectivity index (χ0) is 37.5. The monoisotopic (exact) mass is 701 g/mol. The molecule has 6 rings (SSSR count). The number of benzene rings is 1. The third kappa shape index (κ3) is 9.32. The summed E-state index contributed by atoms with van der Waals surface area (Å²) in [6, 6.07) is 15.4. The number of rotatable bonds is 12. The van der Waals surface area contributed by atoms with Crippen LogP contribution in [0.4, 0.5) is 0 Å². The third-order valence-electron chi connectivity index (χ3n) is 11.8. The Hall–Kier alpha value is -5.02. The van der Waals surface area contributed by atoms with Gasteiger partial charge in [-0.15, -0.1) is 48.9 Å². The van der Waals surface area contributed by atoms with Crippen LogP contribution in [0.15, 0.2) is 139 Å². The molecule has 1 aromatic heterocycles. The molecule has 0 N–H and O–H groups in total. The van der Waals surface area contributed by atoms with Crippen LogP contribution in [0, 0.1) is 49.4 Å². The Balaban J connectivity index is 1.11. The molecule has 3 nitrogen and oxygen atoms in total. The van der Waals surface area contributed by atoms with Crippen molar-refractivity contribution in [3.8, 4) is 0 Å². The molecule has 1 aromatic carbocycles. The predicted molar refractivity (Wildman–Crippen MR) is 223 cm³/mol. The van der Waals surface area contributed by atoms with E-state index >= 15 is 0 Å². The fourth-order valence-corrected chi connectivity index (χ4v) is 8.61. The van der Waals surface area contributed by atoms with Gasteiger partial charge in [-0.3, -0.25) is 9.15 Å². The Labute approximate surface area is 319 Å². The average Bonchev–Trinajstić information content (AvgIpc) is 3.16. The van der Waals surface area contributed by atoms with Gasteiger partial charge in [0.15, 0.2) is 6.20 Å². The van der Waals surface area contributed by atoms with Crippen molar-refractivity contribution in [1.82, 2.24) is 0 Å².